The molecule has 70 valence electrons. The maximum atomic E-state index is 13.0. The SMILES string of the molecule is CCNC(=O)c1ccc(C)c(F)c1. The van der Waals surface area contributed by atoms with Crippen LogP contribution in [0, 0.1) is 12.7 Å². The van der Waals surface area contributed by atoms with Gasteiger partial charge in [-0.05, 0) is 31.5 Å². The van der Waals surface area contributed by atoms with Crippen molar-refractivity contribution in [3.63, 3.8) is 0 Å². The molecule has 1 N–H and O–H groups in total. The molecule has 0 saturated heterocycles. The van der Waals surface area contributed by atoms with Gasteiger partial charge in [-0.15, -0.1) is 0 Å². The first-order chi connectivity index (χ1) is 6.15. The summed E-state index contributed by atoms with van der Waals surface area (Å²) in [4.78, 5) is 11.2. The molecule has 0 aliphatic heterocycles. The Labute approximate surface area is 76.8 Å². The smallest absolute Gasteiger partial charge is 0.251 e. The van der Waals surface area contributed by atoms with Crippen LogP contribution >= 0.6 is 0 Å². The van der Waals surface area contributed by atoms with Gasteiger partial charge in [0.25, 0.3) is 5.91 Å². The Hall–Kier alpha value is -1.38. The van der Waals surface area contributed by atoms with Crippen molar-refractivity contribution >= 4 is 5.91 Å². The van der Waals surface area contributed by atoms with Gasteiger partial charge in [0.2, 0.25) is 0 Å². The lowest BCUT2D eigenvalue weighted by molar-refractivity contribution is 0.0955. The Balaban J connectivity index is 2.90. The van der Waals surface area contributed by atoms with Crippen molar-refractivity contribution in [1.82, 2.24) is 5.32 Å². The van der Waals surface area contributed by atoms with Gasteiger partial charge in [-0.1, -0.05) is 6.07 Å². The third kappa shape index (κ3) is 2.28. The molecule has 13 heavy (non-hydrogen) atoms. The molecule has 0 bridgehead atoms. The predicted octanol–water partition coefficient (Wildman–Crippen LogP) is 1.88. The lowest BCUT2D eigenvalue weighted by Gasteiger charge is -2.02. The van der Waals surface area contributed by atoms with E-state index in [0.717, 1.165) is 0 Å². The molecular formula is C10H12FNO. The van der Waals surface area contributed by atoms with Crippen LogP contribution in [0.5, 0.6) is 0 Å². The maximum Gasteiger partial charge on any atom is 0.251 e. The Morgan fingerprint density at radius 2 is 2.23 bits per heavy atom. The number of nitrogens with one attached hydrogen (secondary N) is 1. The normalized spacial score (nSPS) is 9.77. The van der Waals surface area contributed by atoms with Crippen molar-refractivity contribution in [1.29, 1.82) is 0 Å². The first-order valence-electron chi connectivity index (χ1n) is 4.19. The fourth-order valence-corrected chi connectivity index (χ4v) is 0.997. The topological polar surface area (TPSA) is 29.1 Å². The van der Waals surface area contributed by atoms with E-state index >= 15 is 0 Å². The molecule has 0 atom stereocenters. The van der Waals surface area contributed by atoms with Gasteiger partial charge in [0, 0.05) is 12.1 Å². The van der Waals surface area contributed by atoms with Crippen molar-refractivity contribution in [2.45, 2.75) is 13.8 Å². The maximum absolute atomic E-state index is 13.0. The third-order valence-electron chi connectivity index (χ3n) is 1.77. The zero-order chi connectivity index (χ0) is 9.84. The highest BCUT2D eigenvalue weighted by Crippen LogP contribution is 2.08. The zero-order valence-electron chi connectivity index (χ0n) is 7.73. The van der Waals surface area contributed by atoms with Crippen LogP contribution in [-0.2, 0) is 0 Å². The molecule has 1 amide bonds. The summed E-state index contributed by atoms with van der Waals surface area (Å²) in [7, 11) is 0. The molecule has 1 aromatic rings. The Morgan fingerprint density at radius 1 is 1.54 bits per heavy atom. The second-order valence-corrected chi connectivity index (χ2v) is 2.82. The minimum atomic E-state index is -0.344. The Morgan fingerprint density at radius 3 is 2.77 bits per heavy atom. The number of rotatable bonds is 2. The van der Waals surface area contributed by atoms with Crippen LogP contribution in [0.2, 0.25) is 0 Å². The lowest BCUT2D eigenvalue weighted by atomic mass is 10.1. The first-order valence-corrected chi connectivity index (χ1v) is 4.19. The number of hydrogen-bond acceptors (Lipinski definition) is 1. The average molecular weight is 181 g/mol. The van der Waals surface area contributed by atoms with Crippen LogP contribution < -0.4 is 5.32 Å². The van der Waals surface area contributed by atoms with Gasteiger partial charge in [-0.3, -0.25) is 4.79 Å². The van der Waals surface area contributed by atoms with Gasteiger partial charge in [-0.2, -0.15) is 0 Å². The standard InChI is InChI=1S/C10H12FNO/c1-3-12-10(13)8-5-4-7(2)9(11)6-8/h4-6H,3H2,1-2H3,(H,12,13). The zero-order valence-corrected chi connectivity index (χ0v) is 7.73. The number of carbonyl (C=O) groups excluding carboxylic acids is 1. The highest BCUT2D eigenvalue weighted by atomic mass is 19.1. The van der Waals surface area contributed by atoms with Gasteiger partial charge in [-0.25, -0.2) is 4.39 Å². The van der Waals surface area contributed by atoms with E-state index in [1.54, 1.807) is 19.1 Å². The van der Waals surface area contributed by atoms with Gasteiger partial charge < -0.3 is 5.32 Å². The average Bonchev–Trinajstić information content (AvgIpc) is 2.10. The van der Waals surface area contributed by atoms with E-state index in [0.29, 0.717) is 17.7 Å². The summed E-state index contributed by atoms with van der Waals surface area (Å²) in [6.07, 6.45) is 0. The van der Waals surface area contributed by atoms with Crippen molar-refractivity contribution < 1.29 is 9.18 Å². The van der Waals surface area contributed by atoms with Crippen LogP contribution in [0.25, 0.3) is 0 Å². The number of carbonyl (C=O) groups is 1. The third-order valence-corrected chi connectivity index (χ3v) is 1.77. The quantitative estimate of drug-likeness (QED) is 0.741. The Kier molecular flexibility index (Phi) is 3.01. The molecule has 1 rings (SSSR count). The van der Waals surface area contributed by atoms with Crippen molar-refractivity contribution in [3.05, 3.63) is 35.1 Å². The lowest BCUT2D eigenvalue weighted by Crippen LogP contribution is -2.22. The van der Waals surface area contributed by atoms with E-state index in [9.17, 15) is 9.18 Å². The molecule has 0 aliphatic carbocycles. The summed E-state index contributed by atoms with van der Waals surface area (Å²) < 4.78 is 13.0. The van der Waals surface area contributed by atoms with Gasteiger partial charge in [0.1, 0.15) is 5.82 Å². The van der Waals surface area contributed by atoms with E-state index in [4.69, 9.17) is 0 Å². The molecule has 0 unspecified atom stereocenters. The summed E-state index contributed by atoms with van der Waals surface area (Å²) in [6, 6.07) is 4.46. The highest BCUT2D eigenvalue weighted by molar-refractivity contribution is 5.94. The fraction of sp³-hybridized carbons (Fsp3) is 0.300. The van der Waals surface area contributed by atoms with E-state index < -0.39 is 0 Å². The first kappa shape index (κ1) is 9.71. The van der Waals surface area contributed by atoms with E-state index in [1.807, 2.05) is 6.92 Å². The predicted molar refractivity (Wildman–Crippen MR) is 49.1 cm³/mol. The molecule has 1 aromatic carbocycles. The minimum Gasteiger partial charge on any atom is -0.352 e. The second kappa shape index (κ2) is 4.03. The molecule has 0 aliphatic rings. The molecule has 0 radical (unpaired) electrons. The monoisotopic (exact) mass is 181 g/mol. The summed E-state index contributed by atoms with van der Waals surface area (Å²) in [5, 5.41) is 2.60. The minimum absolute atomic E-state index is 0.235. The van der Waals surface area contributed by atoms with Crippen LogP contribution in [-0.4, -0.2) is 12.5 Å². The van der Waals surface area contributed by atoms with Crippen molar-refractivity contribution in [2.24, 2.45) is 0 Å². The summed E-state index contributed by atoms with van der Waals surface area (Å²) in [5.41, 5.74) is 0.915. The van der Waals surface area contributed by atoms with Gasteiger partial charge in [0.05, 0.1) is 0 Å². The molecule has 3 heteroatoms. The molecule has 0 saturated carbocycles. The molecule has 0 heterocycles. The fourth-order valence-electron chi connectivity index (χ4n) is 0.997. The van der Waals surface area contributed by atoms with Crippen molar-refractivity contribution in [3.8, 4) is 0 Å². The van der Waals surface area contributed by atoms with E-state index in [2.05, 4.69) is 5.32 Å². The summed E-state index contributed by atoms with van der Waals surface area (Å²) in [5.74, 6) is -0.579. The second-order valence-electron chi connectivity index (χ2n) is 2.82. The van der Waals surface area contributed by atoms with Gasteiger partial charge in [0.15, 0.2) is 0 Å². The summed E-state index contributed by atoms with van der Waals surface area (Å²) in [6.45, 7) is 4.04. The van der Waals surface area contributed by atoms with E-state index in [-0.39, 0.29) is 11.7 Å². The molecule has 0 aromatic heterocycles. The molecular weight excluding hydrogens is 169 g/mol. The molecule has 2 nitrogen and oxygen atoms in total. The van der Waals surface area contributed by atoms with Crippen LogP contribution in [0.1, 0.15) is 22.8 Å². The van der Waals surface area contributed by atoms with Crippen molar-refractivity contribution in [2.75, 3.05) is 6.54 Å². The largest absolute Gasteiger partial charge is 0.352 e. The molecule has 0 fully saturated rings. The number of benzene rings is 1. The number of hydrogen-bond donors (Lipinski definition) is 1. The highest BCUT2D eigenvalue weighted by Gasteiger charge is 2.05. The summed E-state index contributed by atoms with van der Waals surface area (Å²) >= 11 is 0. The Bertz CT molecular complexity index is 323. The van der Waals surface area contributed by atoms with Gasteiger partial charge >= 0.3 is 0 Å². The van der Waals surface area contributed by atoms with Crippen LogP contribution in [0.3, 0.4) is 0 Å². The van der Waals surface area contributed by atoms with Crippen LogP contribution in [0.15, 0.2) is 18.2 Å². The molecule has 0 spiro atoms. The number of amides is 1. The number of aryl methyl sites for hydroxylation is 1. The van der Waals surface area contributed by atoms with Crippen LogP contribution in [0.4, 0.5) is 4.39 Å². The van der Waals surface area contributed by atoms with E-state index in [1.165, 1.54) is 6.07 Å². The number of halogens is 1.